The van der Waals surface area contributed by atoms with E-state index < -0.39 is 0 Å². The summed E-state index contributed by atoms with van der Waals surface area (Å²) in [5, 5.41) is 24.7. The summed E-state index contributed by atoms with van der Waals surface area (Å²) in [4.78, 5) is 0. The van der Waals surface area contributed by atoms with Crippen molar-refractivity contribution in [1.29, 1.82) is 0 Å². The van der Waals surface area contributed by atoms with Crippen LogP contribution in [0.3, 0.4) is 0 Å². The molecule has 2 heterocycles. The second-order valence-corrected chi connectivity index (χ2v) is 7.36. The van der Waals surface area contributed by atoms with E-state index in [1.165, 1.54) is 0 Å². The Kier molecular flexibility index (Phi) is 2.32. The van der Waals surface area contributed by atoms with Gasteiger partial charge >= 0.3 is 0 Å². The van der Waals surface area contributed by atoms with Crippen molar-refractivity contribution in [2.75, 3.05) is 0 Å². The van der Waals surface area contributed by atoms with Crippen molar-refractivity contribution >= 4 is 11.7 Å². The van der Waals surface area contributed by atoms with E-state index in [1.807, 2.05) is 47.9 Å². The predicted octanol–water partition coefficient (Wildman–Crippen LogP) is 3.77. The van der Waals surface area contributed by atoms with Crippen LogP contribution in [0.5, 0.6) is 0 Å². The van der Waals surface area contributed by atoms with Gasteiger partial charge in [-0.1, -0.05) is 54.6 Å². The van der Waals surface area contributed by atoms with Gasteiger partial charge in [0.2, 0.25) is 0 Å². The third kappa shape index (κ3) is 1.42. The van der Waals surface area contributed by atoms with E-state index in [-0.39, 0.29) is 10.8 Å². The molecule has 0 bridgehead atoms. The second kappa shape index (κ2) is 4.30. The molecule has 1 fully saturated rings. The summed E-state index contributed by atoms with van der Waals surface area (Å²) in [6.07, 6.45) is 10.9. The highest BCUT2D eigenvalue weighted by atomic mass is 16.3. The number of benzene rings is 1. The zero-order chi connectivity index (χ0) is 17.5. The largest absolute Gasteiger partial charge is 0.511 e. The van der Waals surface area contributed by atoms with Crippen LogP contribution < -0.4 is 0 Å². The van der Waals surface area contributed by atoms with Gasteiger partial charge in [-0.3, -0.25) is 0 Å². The number of hydrogen-bond donors (Lipinski definition) is 1. The molecule has 6 rings (SSSR count). The molecule has 3 aliphatic carbocycles. The summed E-state index contributed by atoms with van der Waals surface area (Å²) >= 11 is 0. The Hall–Kier alpha value is -3.21. The van der Waals surface area contributed by atoms with E-state index in [4.69, 9.17) is 5.10 Å². The molecule has 2 atom stereocenters. The normalized spacial score (nSPS) is 27.7. The Morgan fingerprint density at radius 2 is 1.81 bits per heavy atom. The quantitative estimate of drug-likeness (QED) is 0.732. The van der Waals surface area contributed by atoms with Gasteiger partial charge < -0.3 is 5.11 Å². The van der Waals surface area contributed by atoms with E-state index in [2.05, 4.69) is 34.5 Å². The molecule has 5 nitrogen and oxygen atoms in total. The molecule has 0 amide bonds. The summed E-state index contributed by atoms with van der Waals surface area (Å²) in [6.45, 7) is 1.98. The van der Waals surface area contributed by atoms with Crippen molar-refractivity contribution in [3.05, 3.63) is 77.5 Å². The van der Waals surface area contributed by atoms with Crippen molar-refractivity contribution in [3.8, 4) is 11.1 Å². The number of aryl methyl sites for hydroxylation is 1. The Labute approximate surface area is 150 Å². The molecule has 5 heteroatoms. The Bertz CT molecular complexity index is 1190. The molecule has 3 aromatic rings. The molecule has 26 heavy (non-hydrogen) atoms. The van der Waals surface area contributed by atoms with Crippen molar-refractivity contribution < 1.29 is 5.11 Å². The topological polar surface area (TPSA) is 63.3 Å². The molecule has 0 saturated heterocycles. The fraction of sp³-hybridized carbons (Fsp3) is 0.190. The van der Waals surface area contributed by atoms with Crippen molar-refractivity contribution in [1.82, 2.24) is 19.8 Å². The van der Waals surface area contributed by atoms with Crippen LogP contribution in [-0.4, -0.2) is 24.9 Å². The number of allylic oxidation sites excluding steroid dienone is 4. The minimum Gasteiger partial charge on any atom is -0.511 e. The molecule has 126 valence electrons. The van der Waals surface area contributed by atoms with Crippen molar-refractivity contribution in [2.45, 2.75) is 18.8 Å². The molecule has 1 N–H and O–H groups in total. The number of fused-ring (bicyclic) bond motifs is 3. The maximum atomic E-state index is 10.8. The lowest BCUT2D eigenvalue weighted by Crippen LogP contribution is -2.26. The van der Waals surface area contributed by atoms with Crippen LogP contribution in [0.4, 0.5) is 0 Å². The summed E-state index contributed by atoms with van der Waals surface area (Å²) < 4.78 is 1.83. The molecule has 2 unspecified atom stereocenters. The Morgan fingerprint density at radius 1 is 1.04 bits per heavy atom. The van der Waals surface area contributed by atoms with Crippen LogP contribution in [0, 0.1) is 12.3 Å². The SMILES string of the molecule is Cc1nn2c3c(nnc2c1-c1ccccc1)C12C=CC=CC1(C2)C(O)=C3. The second-order valence-electron chi connectivity index (χ2n) is 7.36. The average molecular weight is 340 g/mol. The highest BCUT2D eigenvalue weighted by Gasteiger charge is 2.72. The highest BCUT2D eigenvalue weighted by molar-refractivity contribution is 5.81. The summed E-state index contributed by atoms with van der Waals surface area (Å²) in [5.74, 6) is 0.384. The van der Waals surface area contributed by atoms with Gasteiger partial charge in [-0.25, -0.2) is 4.52 Å². The highest BCUT2D eigenvalue weighted by Crippen LogP contribution is 2.72. The fourth-order valence-electron chi connectivity index (χ4n) is 4.70. The summed E-state index contributed by atoms with van der Waals surface area (Å²) in [5.41, 5.74) is 4.75. The minimum absolute atomic E-state index is 0.288. The maximum absolute atomic E-state index is 10.8. The summed E-state index contributed by atoms with van der Waals surface area (Å²) in [7, 11) is 0. The van der Waals surface area contributed by atoms with Gasteiger partial charge in [0.1, 0.15) is 11.5 Å². The van der Waals surface area contributed by atoms with E-state index >= 15 is 0 Å². The molecule has 1 aromatic carbocycles. The third-order valence-electron chi connectivity index (χ3n) is 6.07. The van der Waals surface area contributed by atoms with Gasteiger partial charge in [0.15, 0.2) is 5.65 Å². The first-order chi connectivity index (χ1) is 12.7. The zero-order valence-corrected chi connectivity index (χ0v) is 14.2. The van der Waals surface area contributed by atoms with Crippen molar-refractivity contribution in [3.63, 3.8) is 0 Å². The molecular formula is C21H16N4O. The summed E-state index contributed by atoms with van der Waals surface area (Å²) in [6, 6.07) is 10.1. The van der Waals surface area contributed by atoms with Crippen LogP contribution >= 0.6 is 0 Å². The van der Waals surface area contributed by atoms with Crippen LogP contribution in [0.25, 0.3) is 22.9 Å². The number of aliphatic hydroxyl groups excluding tert-OH is 1. The lowest BCUT2D eigenvalue weighted by Gasteiger charge is -2.27. The zero-order valence-electron chi connectivity index (χ0n) is 14.2. The first kappa shape index (κ1) is 14.0. The smallest absolute Gasteiger partial charge is 0.186 e. The molecular weight excluding hydrogens is 324 g/mol. The van der Waals surface area contributed by atoms with Crippen molar-refractivity contribution in [2.24, 2.45) is 5.41 Å². The predicted molar refractivity (Wildman–Crippen MR) is 98.6 cm³/mol. The van der Waals surface area contributed by atoms with Gasteiger partial charge in [-0.15, -0.1) is 5.10 Å². The lowest BCUT2D eigenvalue weighted by molar-refractivity contribution is 0.333. The number of rotatable bonds is 1. The van der Waals surface area contributed by atoms with Gasteiger partial charge in [-0.2, -0.15) is 10.2 Å². The average Bonchev–Trinajstić information content (AvgIpc) is 3.27. The van der Waals surface area contributed by atoms with Gasteiger partial charge in [0, 0.05) is 6.08 Å². The Balaban J connectivity index is 1.67. The van der Waals surface area contributed by atoms with E-state index in [0.717, 1.165) is 40.3 Å². The molecule has 3 aliphatic rings. The minimum atomic E-state index is -0.346. The molecule has 0 radical (unpaired) electrons. The van der Waals surface area contributed by atoms with Gasteiger partial charge in [0.25, 0.3) is 0 Å². The molecule has 0 spiro atoms. The monoisotopic (exact) mass is 340 g/mol. The lowest BCUT2D eigenvalue weighted by atomic mass is 9.80. The fourth-order valence-corrected chi connectivity index (χ4v) is 4.70. The maximum Gasteiger partial charge on any atom is 0.186 e. The number of nitrogens with zero attached hydrogens (tertiary/aromatic N) is 4. The first-order valence-electron chi connectivity index (χ1n) is 8.76. The van der Waals surface area contributed by atoms with Crippen LogP contribution in [0.15, 0.2) is 60.4 Å². The van der Waals surface area contributed by atoms with Gasteiger partial charge in [-0.05, 0) is 18.9 Å². The standard InChI is InChI=1S/C21H16N4O/c1-13-17(14-7-3-2-4-8-14)19-23-22-18-15(25(19)24-13)11-16(26)20-9-5-6-10-21(18,20)12-20/h2-11,26H,12H2,1H3. The van der Waals surface area contributed by atoms with E-state index in [1.54, 1.807) is 0 Å². The third-order valence-corrected chi connectivity index (χ3v) is 6.07. The van der Waals surface area contributed by atoms with Gasteiger partial charge in [0.05, 0.1) is 27.8 Å². The van der Waals surface area contributed by atoms with Crippen LogP contribution in [0.2, 0.25) is 0 Å². The van der Waals surface area contributed by atoms with Crippen LogP contribution in [0.1, 0.15) is 23.5 Å². The molecule has 0 aliphatic heterocycles. The number of aromatic nitrogens is 4. The van der Waals surface area contributed by atoms with E-state index in [0.29, 0.717) is 5.76 Å². The van der Waals surface area contributed by atoms with E-state index in [9.17, 15) is 5.11 Å². The Morgan fingerprint density at radius 3 is 2.62 bits per heavy atom. The number of aliphatic hydroxyl groups is 1. The first-order valence-corrected chi connectivity index (χ1v) is 8.76. The number of hydrogen-bond acceptors (Lipinski definition) is 4. The van der Waals surface area contributed by atoms with Crippen LogP contribution in [-0.2, 0) is 5.41 Å². The molecule has 2 aromatic heterocycles. The molecule has 1 saturated carbocycles.